The van der Waals surface area contributed by atoms with Gasteiger partial charge in [-0.15, -0.1) is 6.58 Å². The predicted molar refractivity (Wildman–Crippen MR) is 137 cm³/mol. The van der Waals surface area contributed by atoms with Crippen molar-refractivity contribution in [2.75, 3.05) is 43.0 Å². The Morgan fingerprint density at radius 1 is 1.21 bits per heavy atom. The van der Waals surface area contributed by atoms with E-state index in [1.165, 1.54) is 0 Å². The van der Waals surface area contributed by atoms with Gasteiger partial charge in [-0.05, 0) is 64.3 Å². The second kappa shape index (κ2) is 11.3. The summed E-state index contributed by atoms with van der Waals surface area (Å²) in [6.45, 7) is 13.9. The number of fused-ring (bicyclic) bond motifs is 1. The lowest BCUT2D eigenvalue weighted by Gasteiger charge is -2.40. The number of carbonyl (C=O) groups excluding carboxylic acids is 2. The predicted octanol–water partition coefficient (Wildman–Crippen LogP) is 3.72. The van der Waals surface area contributed by atoms with Crippen molar-refractivity contribution in [3.63, 3.8) is 0 Å². The molecule has 2 aliphatic heterocycles. The Hall–Kier alpha value is -2.42. The second-order valence-electron chi connectivity index (χ2n) is 9.79. The summed E-state index contributed by atoms with van der Waals surface area (Å²) >= 11 is 0. The van der Waals surface area contributed by atoms with E-state index in [9.17, 15) is 9.59 Å². The van der Waals surface area contributed by atoms with E-state index in [-0.39, 0.29) is 30.1 Å². The number of carbonyl (C=O) groups is 2. The third-order valence-corrected chi connectivity index (χ3v) is 6.76. The van der Waals surface area contributed by atoms with Crippen LogP contribution >= 0.6 is 0 Å². The Morgan fingerprint density at radius 3 is 2.56 bits per heavy atom. The minimum Gasteiger partial charge on any atom is -0.446 e. The van der Waals surface area contributed by atoms with Gasteiger partial charge in [0.1, 0.15) is 0 Å². The highest BCUT2D eigenvalue weighted by Gasteiger charge is 2.37. The van der Waals surface area contributed by atoms with Gasteiger partial charge in [-0.3, -0.25) is 9.69 Å². The van der Waals surface area contributed by atoms with E-state index in [0.29, 0.717) is 19.1 Å². The number of anilines is 2. The minimum absolute atomic E-state index is 0.0306. The number of amides is 2. The molecule has 2 aliphatic rings. The van der Waals surface area contributed by atoms with E-state index in [4.69, 9.17) is 10.5 Å². The summed E-state index contributed by atoms with van der Waals surface area (Å²) in [5.74, 6) is 0.254. The zero-order valence-corrected chi connectivity index (χ0v) is 21.4. The molecule has 0 aliphatic carbocycles. The van der Waals surface area contributed by atoms with Gasteiger partial charge < -0.3 is 15.4 Å². The van der Waals surface area contributed by atoms with Crippen molar-refractivity contribution in [2.45, 2.75) is 71.1 Å². The summed E-state index contributed by atoms with van der Waals surface area (Å²) in [6, 6.07) is 6.40. The van der Waals surface area contributed by atoms with Gasteiger partial charge in [0, 0.05) is 45.6 Å². The Labute approximate surface area is 204 Å². The van der Waals surface area contributed by atoms with Gasteiger partial charge in [0.25, 0.3) is 0 Å². The topological polar surface area (TPSA) is 82.3 Å². The van der Waals surface area contributed by atoms with E-state index < -0.39 is 0 Å². The molecule has 3 atom stereocenters. The minimum atomic E-state index is -0.374. The van der Waals surface area contributed by atoms with Crippen molar-refractivity contribution >= 4 is 23.4 Å². The van der Waals surface area contributed by atoms with Crippen LogP contribution in [0.25, 0.3) is 0 Å². The molecule has 0 aromatic heterocycles. The van der Waals surface area contributed by atoms with E-state index in [1.807, 2.05) is 32.9 Å². The number of ether oxygens (including phenoxy) is 1. The van der Waals surface area contributed by atoms with Crippen LogP contribution in [0.15, 0.2) is 30.9 Å². The molecular formula is C26H41N5O3. The molecule has 1 aromatic rings. The first kappa shape index (κ1) is 26.2. The number of likely N-dealkylation sites (N-methyl/N-ethyl adjacent to an activating group) is 1. The normalized spacial score (nSPS) is 22.1. The zero-order valence-electron chi connectivity index (χ0n) is 21.4. The van der Waals surface area contributed by atoms with Crippen molar-refractivity contribution in [1.82, 2.24) is 10.0 Å². The van der Waals surface area contributed by atoms with E-state index in [1.54, 1.807) is 16.7 Å². The SMILES string of the molecule is C=CCCC(CCN)N1CC(c2ccc3c(c2)N(C(=O)OC(C)C)C[C@H](C)N3C(C)=O)CN1C. The number of benzene rings is 1. The highest BCUT2D eigenvalue weighted by Crippen LogP contribution is 2.40. The summed E-state index contributed by atoms with van der Waals surface area (Å²) in [6.07, 6.45) is 4.31. The molecule has 2 heterocycles. The van der Waals surface area contributed by atoms with Crippen molar-refractivity contribution in [2.24, 2.45) is 5.73 Å². The van der Waals surface area contributed by atoms with Crippen LogP contribution < -0.4 is 15.5 Å². The molecule has 1 saturated heterocycles. The lowest BCUT2D eigenvalue weighted by Crippen LogP contribution is -2.51. The number of hydrogen-bond acceptors (Lipinski definition) is 6. The average molecular weight is 472 g/mol. The first-order valence-corrected chi connectivity index (χ1v) is 12.4. The van der Waals surface area contributed by atoms with Crippen LogP contribution in [0.2, 0.25) is 0 Å². The molecule has 2 N–H and O–H groups in total. The van der Waals surface area contributed by atoms with Gasteiger partial charge in [0.2, 0.25) is 5.91 Å². The molecule has 8 heteroatoms. The molecule has 0 bridgehead atoms. The Kier molecular flexibility index (Phi) is 8.73. The number of allylic oxidation sites excluding steroid dienone is 1. The first-order valence-electron chi connectivity index (χ1n) is 12.4. The van der Waals surface area contributed by atoms with Crippen LogP contribution in [0.4, 0.5) is 16.2 Å². The molecule has 1 fully saturated rings. The maximum atomic E-state index is 13.0. The van der Waals surface area contributed by atoms with E-state index in [0.717, 1.165) is 49.3 Å². The van der Waals surface area contributed by atoms with Gasteiger partial charge in [-0.25, -0.2) is 14.8 Å². The highest BCUT2D eigenvalue weighted by molar-refractivity contribution is 6.02. The molecule has 0 spiro atoms. The Morgan fingerprint density at radius 2 is 1.94 bits per heavy atom. The number of hydrazine groups is 1. The molecule has 0 saturated carbocycles. The lowest BCUT2D eigenvalue weighted by molar-refractivity contribution is -0.117. The van der Waals surface area contributed by atoms with Crippen molar-refractivity contribution in [3.05, 3.63) is 36.4 Å². The van der Waals surface area contributed by atoms with Crippen molar-refractivity contribution < 1.29 is 14.3 Å². The summed E-state index contributed by atoms with van der Waals surface area (Å²) in [4.78, 5) is 28.8. The summed E-state index contributed by atoms with van der Waals surface area (Å²) in [5.41, 5.74) is 8.56. The third-order valence-electron chi connectivity index (χ3n) is 6.76. The third kappa shape index (κ3) is 5.62. The quantitative estimate of drug-likeness (QED) is 0.582. The molecule has 8 nitrogen and oxygen atoms in total. The van der Waals surface area contributed by atoms with Crippen LogP contribution in [-0.4, -0.2) is 73.4 Å². The number of hydrogen-bond donors (Lipinski definition) is 1. The summed E-state index contributed by atoms with van der Waals surface area (Å²) < 4.78 is 5.53. The standard InChI is InChI=1S/C26H41N5O3/c1-7-8-9-23(12-13-27)30-17-22(16-28(30)6)21-10-11-24-25(14-21)29(26(33)34-18(2)3)15-19(4)31(24)20(5)32/h7,10-11,14,18-19,22-23H,1,8-9,12-13,15-17,27H2,2-6H3/t19-,22?,23?/m0/s1. The van der Waals surface area contributed by atoms with Crippen molar-refractivity contribution in [1.29, 1.82) is 0 Å². The molecule has 1 aromatic carbocycles. The molecule has 0 radical (unpaired) electrons. The van der Waals surface area contributed by atoms with Crippen molar-refractivity contribution in [3.8, 4) is 0 Å². The number of nitrogens with two attached hydrogens (primary N) is 1. The molecule has 188 valence electrons. The van der Waals surface area contributed by atoms with Crippen LogP contribution in [0.5, 0.6) is 0 Å². The monoisotopic (exact) mass is 471 g/mol. The molecule has 2 unspecified atom stereocenters. The Balaban J connectivity index is 1.92. The maximum absolute atomic E-state index is 13.0. The largest absolute Gasteiger partial charge is 0.446 e. The lowest BCUT2D eigenvalue weighted by atomic mass is 9.96. The first-order chi connectivity index (χ1) is 16.2. The van der Waals surface area contributed by atoms with Gasteiger partial charge in [-0.1, -0.05) is 12.1 Å². The summed E-state index contributed by atoms with van der Waals surface area (Å²) in [5, 5.41) is 4.72. The van der Waals surface area contributed by atoms with Gasteiger partial charge >= 0.3 is 6.09 Å². The fourth-order valence-corrected chi connectivity index (χ4v) is 5.24. The second-order valence-corrected chi connectivity index (χ2v) is 9.79. The van der Waals surface area contributed by atoms with Gasteiger partial charge in [-0.2, -0.15) is 0 Å². The fourth-order valence-electron chi connectivity index (χ4n) is 5.24. The van der Waals surface area contributed by atoms with Gasteiger partial charge in [0.05, 0.1) is 23.5 Å². The fraction of sp³-hybridized carbons (Fsp3) is 0.615. The van der Waals surface area contributed by atoms with E-state index in [2.05, 4.69) is 35.8 Å². The zero-order chi connectivity index (χ0) is 25.0. The molecular weight excluding hydrogens is 430 g/mol. The average Bonchev–Trinajstić information content (AvgIpc) is 3.16. The van der Waals surface area contributed by atoms with Crippen LogP contribution in [0.3, 0.4) is 0 Å². The smallest absolute Gasteiger partial charge is 0.414 e. The molecule has 2 amide bonds. The van der Waals surface area contributed by atoms with Gasteiger partial charge in [0.15, 0.2) is 0 Å². The number of rotatable bonds is 8. The highest BCUT2D eigenvalue weighted by atomic mass is 16.6. The van der Waals surface area contributed by atoms with E-state index >= 15 is 0 Å². The molecule has 34 heavy (non-hydrogen) atoms. The maximum Gasteiger partial charge on any atom is 0.414 e. The molecule has 3 rings (SSSR count). The van der Waals surface area contributed by atoms with Crippen LogP contribution in [0, 0.1) is 0 Å². The number of nitrogens with zero attached hydrogens (tertiary/aromatic N) is 4. The summed E-state index contributed by atoms with van der Waals surface area (Å²) in [7, 11) is 2.13. The van der Waals surface area contributed by atoms with Crippen LogP contribution in [0.1, 0.15) is 58.4 Å². The van der Waals surface area contributed by atoms with Crippen LogP contribution in [-0.2, 0) is 9.53 Å². The Bertz CT molecular complexity index is 889.